The zero-order chi connectivity index (χ0) is 7.56. The van der Waals surface area contributed by atoms with Gasteiger partial charge in [0.2, 0.25) is 0 Å². The average molecular weight is 313 g/mol. The quantitative estimate of drug-likeness (QED) is 0.624. The minimum atomic E-state index is 0.328. The van der Waals surface area contributed by atoms with Crippen LogP contribution < -0.4 is 0 Å². The first-order valence-corrected chi connectivity index (χ1v) is 4.97. The third-order valence-electron chi connectivity index (χ3n) is 1.18. The molecule has 0 saturated heterocycles. The summed E-state index contributed by atoms with van der Waals surface area (Å²) in [6.45, 7) is 0. The lowest BCUT2D eigenvalue weighted by atomic mass is 10.2. The van der Waals surface area contributed by atoms with Crippen LogP contribution in [0.1, 0.15) is 5.56 Å². The van der Waals surface area contributed by atoms with Crippen LogP contribution in [0, 0.1) is 3.57 Å². The van der Waals surface area contributed by atoms with Crippen LogP contribution in [0.2, 0.25) is 0 Å². The Morgan fingerprint density at radius 3 is 2.70 bits per heavy atom. The number of aromatic hydroxyl groups is 1. The van der Waals surface area contributed by atoms with E-state index in [1.54, 1.807) is 12.1 Å². The number of hydrogen-bond donors (Lipinski definition) is 1. The summed E-state index contributed by atoms with van der Waals surface area (Å²) in [5, 5.41) is 9.85. The monoisotopic (exact) mass is 312 g/mol. The molecule has 0 unspecified atom stereocenters. The molecule has 1 aromatic rings. The molecule has 1 rings (SSSR count). The molecule has 1 N–H and O–H groups in total. The predicted octanol–water partition coefficient (Wildman–Crippen LogP) is 2.89. The summed E-state index contributed by atoms with van der Waals surface area (Å²) in [5.41, 5.74) is 1.21. The van der Waals surface area contributed by atoms with Crippen LogP contribution in [-0.4, -0.2) is 5.11 Å². The van der Waals surface area contributed by atoms with Gasteiger partial charge in [-0.1, -0.05) is 22.0 Å². The molecule has 0 atom stereocenters. The van der Waals surface area contributed by atoms with Gasteiger partial charge >= 0.3 is 0 Å². The average Bonchev–Trinajstić information content (AvgIpc) is 1.88. The summed E-state index contributed by atoms with van der Waals surface area (Å²) >= 11 is 5.54. The highest BCUT2D eigenvalue weighted by atomic mass is 127. The summed E-state index contributed by atoms with van der Waals surface area (Å²) < 4.78 is 1.09. The molecular weight excluding hydrogens is 307 g/mol. The number of phenolic OH excluding ortho intramolecular Hbond substituents is 1. The Kier molecular flexibility index (Phi) is 2.97. The first kappa shape index (κ1) is 8.33. The summed E-state index contributed by atoms with van der Waals surface area (Å²) in [4.78, 5) is 0. The van der Waals surface area contributed by atoms with Crippen molar-refractivity contribution >= 4 is 38.5 Å². The van der Waals surface area contributed by atoms with Gasteiger partial charge in [-0.15, -0.1) is 0 Å². The highest BCUT2D eigenvalue weighted by Crippen LogP contribution is 2.19. The van der Waals surface area contributed by atoms with Crippen LogP contribution in [0.5, 0.6) is 5.75 Å². The molecule has 0 aliphatic rings. The Bertz CT molecular complexity index is 237. The summed E-state index contributed by atoms with van der Waals surface area (Å²) in [7, 11) is 0. The van der Waals surface area contributed by atoms with Gasteiger partial charge < -0.3 is 5.11 Å². The Balaban J connectivity index is 3.07. The molecule has 0 radical (unpaired) electrons. The SMILES string of the molecule is Oc1ccc(CBr)c(I)c1. The zero-order valence-electron chi connectivity index (χ0n) is 5.14. The van der Waals surface area contributed by atoms with Crippen molar-refractivity contribution in [2.24, 2.45) is 0 Å². The normalized spacial score (nSPS) is 9.80. The van der Waals surface area contributed by atoms with E-state index < -0.39 is 0 Å². The third-order valence-corrected chi connectivity index (χ3v) is 2.79. The molecule has 0 aliphatic carbocycles. The Morgan fingerprint density at radius 2 is 2.20 bits per heavy atom. The molecule has 1 aromatic carbocycles. The van der Waals surface area contributed by atoms with Crippen molar-refractivity contribution < 1.29 is 5.11 Å². The number of rotatable bonds is 1. The summed E-state index contributed by atoms with van der Waals surface area (Å²) in [6, 6.07) is 5.35. The van der Waals surface area contributed by atoms with E-state index >= 15 is 0 Å². The van der Waals surface area contributed by atoms with Crippen molar-refractivity contribution in [3.05, 3.63) is 27.3 Å². The Hall–Kier alpha value is 0.230. The van der Waals surface area contributed by atoms with E-state index in [-0.39, 0.29) is 0 Å². The van der Waals surface area contributed by atoms with Crippen molar-refractivity contribution in [1.82, 2.24) is 0 Å². The van der Waals surface area contributed by atoms with Gasteiger partial charge in [0, 0.05) is 8.90 Å². The van der Waals surface area contributed by atoms with Crippen LogP contribution in [-0.2, 0) is 5.33 Å². The minimum Gasteiger partial charge on any atom is -0.508 e. The van der Waals surface area contributed by atoms with Gasteiger partial charge in [-0.25, -0.2) is 0 Å². The molecule has 0 bridgehead atoms. The van der Waals surface area contributed by atoms with Gasteiger partial charge in [-0.05, 0) is 40.3 Å². The summed E-state index contributed by atoms with van der Waals surface area (Å²) in [6.07, 6.45) is 0. The third kappa shape index (κ3) is 1.85. The fourth-order valence-corrected chi connectivity index (χ4v) is 2.35. The highest BCUT2D eigenvalue weighted by Gasteiger charge is 1.97. The second-order valence-corrected chi connectivity index (χ2v) is 3.63. The molecule has 54 valence electrons. The largest absolute Gasteiger partial charge is 0.508 e. The number of alkyl halides is 1. The lowest BCUT2D eigenvalue weighted by molar-refractivity contribution is 0.474. The molecule has 0 saturated carbocycles. The smallest absolute Gasteiger partial charge is 0.116 e. The Morgan fingerprint density at radius 1 is 1.50 bits per heavy atom. The Labute approximate surface area is 81.7 Å². The second-order valence-electron chi connectivity index (χ2n) is 1.91. The van der Waals surface area contributed by atoms with E-state index in [0.29, 0.717) is 5.75 Å². The standard InChI is InChI=1S/C7H6BrIO/c8-4-5-1-2-6(10)3-7(5)9/h1-3,10H,4H2. The fraction of sp³-hybridized carbons (Fsp3) is 0.143. The van der Waals surface area contributed by atoms with Crippen LogP contribution in [0.25, 0.3) is 0 Å². The number of benzene rings is 1. The maximum absolute atomic E-state index is 9.01. The molecule has 0 amide bonds. The van der Waals surface area contributed by atoms with Crippen LogP contribution in [0.4, 0.5) is 0 Å². The van der Waals surface area contributed by atoms with Crippen LogP contribution in [0.3, 0.4) is 0 Å². The van der Waals surface area contributed by atoms with Crippen LogP contribution in [0.15, 0.2) is 18.2 Å². The molecule has 10 heavy (non-hydrogen) atoms. The molecule has 0 fully saturated rings. The van der Waals surface area contributed by atoms with Crippen LogP contribution >= 0.6 is 38.5 Å². The van der Waals surface area contributed by atoms with E-state index in [1.165, 1.54) is 5.56 Å². The minimum absolute atomic E-state index is 0.328. The topological polar surface area (TPSA) is 20.2 Å². The molecule has 0 spiro atoms. The van der Waals surface area contributed by atoms with E-state index in [9.17, 15) is 0 Å². The predicted molar refractivity (Wildman–Crippen MR) is 53.5 cm³/mol. The van der Waals surface area contributed by atoms with Gasteiger partial charge in [-0.3, -0.25) is 0 Å². The van der Waals surface area contributed by atoms with E-state index in [2.05, 4.69) is 38.5 Å². The van der Waals surface area contributed by atoms with Gasteiger partial charge in [0.25, 0.3) is 0 Å². The lowest BCUT2D eigenvalue weighted by Crippen LogP contribution is -1.81. The molecule has 0 aliphatic heterocycles. The zero-order valence-corrected chi connectivity index (χ0v) is 8.89. The highest BCUT2D eigenvalue weighted by molar-refractivity contribution is 14.1. The molecular formula is C7H6BrIO. The van der Waals surface area contributed by atoms with Crippen molar-refractivity contribution in [2.45, 2.75) is 5.33 Å². The van der Waals surface area contributed by atoms with Gasteiger partial charge in [0.05, 0.1) is 0 Å². The van der Waals surface area contributed by atoms with Gasteiger partial charge in [0.1, 0.15) is 5.75 Å². The van der Waals surface area contributed by atoms with E-state index in [1.807, 2.05) is 6.07 Å². The van der Waals surface area contributed by atoms with Gasteiger partial charge in [0.15, 0.2) is 0 Å². The van der Waals surface area contributed by atoms with Gasteiger partial charge in [-0.2, -0.15) is 0 Å². The summed E-state index contributed by atoms with van der Waals surface area (Å²) in [5.74, 6) is 0.328. The molecule has 0 aromatic heterocycles. The number of phenols is 1. The number of halogens is 2. The fourth-order valence-electron chi connectivity index (χ4n) is 0.645. The van der Waals surface area contributed by atoms with E-state index in [4.69, 9.17) is 5.11 Å². The van der Waals surface area contributed by atoms with Crippen molar-refractivity contribution in [1.29, 1.82) is 0 Å². The molecule has 0 heterocycles. The maximum Gasteiger partial charge on any atom is 0.116 e. The molecule has 3 heteroatoms. The maximum atomic E-state index is 9.01. The number of hydrogen-bond acceptors (Lipinski definition) is 1. The lowest BCUT2D eigenvalue weighted by Gasteiger charge is -1.98. The van der Waals surface area contributed by atoms with Crippen molar-refractivity contribution in [3.63, 3.8) is 0 Å². The second kappa shape index (κ2) is 3.57. The van der Waals surface area contributed by atoms with Crippen molar-refractivity contribution in [2.75, 3.05) is 0 Å². The van der Waals surface area contributed by atoms with Crippen molar-refractivity contribution in [3.8, 4) is 5.75 Å². The first-order chi connectivity index (χ1) is 4.74. The molecule has 1 nitrogen and oxygen atoms in total. The van der Waals surface area contributed by atoms with E-state index in [0.717, 1.165) is 8.90 Å². The first-order valence-electron chi connectivity index (χ1n) is 2.77.